The van der Waals surface area contributed by atoms with Crippen LogP contribution in [0.3, 0.4) is 0 Å². The van der Waals surface area contributed by atoms with E-state index in [1.165, 1.54) is 0 Å². The number of anilines is 1. The van der Waals surface area contributed by atoms with Crippen molar-refractivity contribution in [3.8, 4) is 0 Å². The lowest BCUT2D eigenvalue weighted by Crippen LogP contribution is -2.30. The number of nitrogens with one attached hydrogen (secondary N) is 1. The van der Waals surface area contributed by atoms with Crippen LogP contribution >= 0.6 is 0 Å². The van der Waals surface area contributed by atoms with Crippen LogP contribution in [0.1, 0.15) is 40.5 Å². The van der Waals surface area contributed by atoms with E-state index >= 15 is 0 Å². The number of benzene rings is 1. The van der Waals surface area contributed by atoms with Crippen LogP contribution in [0.15, 0.2) is 36.5 Å². The van der Waals surface area contributed by atoms with Crippen molar-refractivity contribution in [3.63, 3.8) is 0 Å². The number of aromatic nitrogens is 1. The van der Waals surface area contributed by atoms with Crippen molar-refractivity contribution in [2.45, 2.75) is 25.8 Å². The molecule has 4 heteroatoms. The van der Waals surface area contributed by atoms with Gasteiger partial charge in [0.25, 0.3) is 5.91 Å². The minimum absolute atomic E-state index is 0.0671. The number of aryl methyl sites for hydroxylation is 1. The Kier molecular flexibility index (Phi) is 3.22. The highest BCUT2D eigenvalue weighted by atomic mass is 16.2. The quantitative estimate of drug-likeness (QED) is 0.823. The van der Waals surface area contributed by atoms with E-state index in [2.05, 4.69) is 4.98 Å². The second kappa shape index (κ2) is 5.04. The van der Waals surface area contributed by atoms with E-state index in [-0.39, 0.29) is 11.9 Å². The van der Waals surface area contributed by atoms with E-state index in [4.69, 9.17) is 5.73 Å². The maximum absolute atomic E-state index is 12.7. The number of H-pyrrole nitrogens is 1. The maximum atomic E-state index is 12.7. The van der Waals surface area contributed by atoms with Gasteiger partial charge in [0.2, 0.25) is 0 Å². The van der Waals surface area contributed by atoms with Crippen LogP contribution in [0.2, 0.25) is 0 Å². The Balaban J connectivity index is 1.89. The maximum Gasteiger partial charge on any atom is 0.254 e. The molecule has 1 aliphatic heterocycles. The lowest BCUT2D eigenvalue weighted by Gasteiger charge is -2.24. The number of rotatable bonds is 2. The van der Waals surface area contributed by atoms with Gasteiger partial charge in [0.05, 0.1) is 6.04 Å². The van der Waals surface area contributed by atoms with Crippen LogP contribution in [0.5, 0.6) is 0 Å². The fourth-order valence-electron chi connectivity index (χ4n) is 2.99. The van der Waals surface area contributed by atoms with Crippen LogP contribution in [-0.2, 0) is 0 Å². The Morgan fingerprint density at radius 1 is 1.40 bits per heavy atom. The number of carbonyl (C=O) groups is 1. The molecule has 1 unspecified atom stereocenters. The number of hydrogen-bond acceptors (Lipinski definition) is 2. The fraction of sp³-hybridized carbons (Fsp3) is 0.312. The third-order valence-electron chi connectivity index (χ3n) is 3.84. The van der Waals surface area contributed by atoms with Crippen LogP contribution in [0.4, 0.5) is 5.69 Å². The molecule has 0 aliphatic carbocycles. The number of carbonyl (C=O) groups excluding carboxylic acids is 1. The van der Waals surface area contributed by atoms with Gasteiger partial charge in [0.15, 0.2) is 0 Å². The van der Waals surface area contributed by atoms with Gasteiger partial charge in [-0.2, -0.15) is 0 Å². The largest absolute Gasteiger partial charge is 0.399 e. The third-order valence-corrected chi connectivity index (χ3v) is 3.84. The van der Waals surface area contributed by atoms with Crippen molar-refractivity contribution in [2.75, 3.05) is 12.3 Å². The van der Waals surface area contributed by atoms with Gasteiger partial charge in [-0.25, -0.2) is 0 Å². The molecule has 1 atom stereocenters. The molecule has 1 fully saturated rings. The van der Waals surface area contributed by atoms with Gasteiger partial charge in [0.1, 0.15) is 0 Å². The van der Waals surface area contributed by atoms with Crippen LogP contribution in [0.25, 0.3) is 0 Å². The molecule has 1 amide bonds. The summed E-state index contributed by atoms with van der Waals surface area (Å²) in [6, 6.07) is 9.71. The molecule has 0 spiro atoms. The molecule has 4 nitrogen and oxygen atoms in total. The summed E-state index contributed by atoms with van der Waals surface area (Å²) in [6.07, 6.45) is 3.95. The first-order valence-electron chi connectivity index (χ1n) is 6.96. The normalized spacial score (nSPS) is 18.4. The Morgan fingerprint density at radius 3 is 2.95 bits per heavy atom. The molecule has 1 aromatic carbocycles. The minimum atomic E-state index is 0.0671. The number of nitrogens with two attached hydrogens (primary N) is 1. The summed E-state index contributed by atoms with van der Waals surface area (Å²) in [5.74, 6) is 0.0671. The van der Waals surface area contributed by atoms with E-state index < -0.39 is 0 Å². The summed E-state index contributed by atoms with van der Waals surface area (Å²) >= 11 is 0. The number of amides is 1. The predicted octanol–water partition coefficient (Wildman–Crippen LogP) is 2.88. The Bertz CT molecular complexity index is 598. The van der Waals surface area contributed by atoms with Crippen LogP contribution in [0, 0.1) is 6.92 Å². The molecule has 2 heterocycles. The molecule has 0 saturated carbocycles. The second-order valence-electron chi connectivity index (χ2n) is 5.41. The molecule has 0 radical (unpaired) electrons. The average Bonchev–Trinajstić information content (AvgIpc) is 3.07. The van der Waals surface area contributed by atoms with Crippen molar-refractivity contribution in [3.05, 3.63) is 53.3 Å². The summed E-state index contributed by atoms with van der Waals surface area (Å²) in [5, 5.41) is 0. The van der Waals surface area contributed by atoms with E-state index in [0.717, 1.165) is 30.6 Å². The van der Waals surface area contributed by atoms with Gasteiger partial charge >= 0.3 is 0 Å². The highest BCUT2D eigenvalue weighted by Crippen LogP contribution is 2.32. The zero-order valence-corrected chi connectivity index (χ0v) is 11.6. The van der Waals surface area contributed by atoms with Gasteiger partial charge < -0.3 is 15.6 Å². The molecular formula is C16H19N3O. The first-order valence-corrected chi connectivity index (χ1v) is 6.96. The lowest BCUT2D eigenvalue weighted by atomic mass is 10.1. The summed E-state index contributed by atoms with van der Waals surface area (Å²) < 4.78 is 0. The Hall–Kier alpha value is -2.23. The average molecular weight is 269 g/mol. The van der Waals surface area contributed by atoms with Crippen molar-refractivity contribution in [1.29, 1.82) is 0 Å². The van der Waals surface area contributed by atoms with Crippen LogP contribution in [-0.4, -0.2) is 22.3 Å². The van der Waals surface area contributed by atoms with Crippen molar-refractivity contribution in [2.24, 2.45) is 0 Å². The molecule has 104 valence electrons. The molecule has 1 aliphatic rings. The van der Waals surface area contributed by atoms with Gasteiger partial charge in [0, 0.05) is 29.7 Å². The molecular weight excluding hydrogens is 250 g/mol. The van der Waals surface area contributed by atoms with Crippen molar-refractivity contribution < 1.29 is 4.79 Å². The van der Waals surface area contributed by atoms with E-state index in [9.17, 15) is 4.79 Å². The lowest BCUT2D eigenvalue weighted by molar-refractivity contribution is 0.0733. The highest BCUT2D eigenvalue weighted by molar-refractivity contribution is 5.95. The summed E-state index contributed by atoms with van der Waals surface area (Å²) in [6.45, 7) is 2.76. The number of nitrogen functional groups attached to an aromatic ring is 1. The highest BCUT2D eigenvalue weighted by Gasteiger charge is 2.31. The van der Waals surface area contributed by atoms with E-state index in [1.54, 1.807) is 6.07 Å². The second-order valence-corrected chi connectivity index (χ2v) is 5.41. The van der Waals surface area contributed by atoms with Gasteiger partial charge in [-0.05, 0) is 55.7 Å². The number of nitrogens with zero attached hydrogens (tertiary/aromatic N) is 1. The first kappa shape index (κ1) is 12.8. The molecule has 20 heavy (non-hydrogen) atoms. The van der Waals surface area contributed by atoms with Crippen LogP contribution < -0.4 is 5.73 Å². The molecule has 0 bridgehead atoms. The van der Waals surface area contributed by atoms with Gasteiger partial charge in [-0.1, -0.05) is 0 Å². The molecule has 1 saturated heterocycles. The molecule has 2 aromatic rings. The smallest absolute Gasteiger partial charge is 0.254 e. The van der Waals surface area contributed by atoms with Crippen molar-refractivity contribution >= 4 is 11.6 Å². The summed E-state index contributed by atoms with van der Waals surface area (Å²) in [5.41, 5.74) is 9.30. The first-order chi connectivity index (χ1) is 9.65. The number of hydrogen-bond donors (Lipinski definition) is 2. The summed E-state index contributed by atoms with van der Waals surface area (Å²) in [7, 11) is 0. The SMILES string of the molecule is Cc1cc(N)cc(C(=O)N2CCCC2c2ccc[nH]2)c1. The standard InChI is InChI=1S/C16H19N3O/c1-11-8-12(10-13(17)9-11)16(20)19-7-3-5-15(19)14-4-2-6-18-14/h2,4,6,8-10,15,18H,3,5,7,17H2,1H3. The van der Waals surface area contributed by atoms with Crippen molar-refractivity contribution in [1.82, 2.24) is 9.88 Å². The van der Waals surface area contributed by atoms with E-state index in [0.29, 0.717) is 11.3 Å². The number of likely N-dealkylation sites (tertiary alicyclic amines) is 1. The molecule has 3 rings (SSSR count). The monoisotopic (exact) mass is 269 g/mol. The number of aromatic amines is 1. The molecule has 3 N–H and O–H groups in total. The zero-order chi connectivity index (χ0) is 14.1. The fourth-order valence-corrected chi connectivity index (χ4v) is 2.99. The topological polar surface area (TPSA) is 62.1 Å². The third kappa shape index (κ3) is 2.29. The Labute approximate surface area is 118 Å². The van der Waals surface area contributed by atoms with Gasteiger partial charge in [-0.3, -0.25) is 4.79 Å². The zero-order valence-electron chi connectivity index (χ0n) is 11.6. The van der Waals surface area contributed by atoms with E-state index in [1.807, 2.05) is 42.3 Å². The predicted molar refractivity (Wildman–Crippen MR) is 79.4 cm³/mol. The van der Waals surface area contributed by atoms with Gasteiger partial charge in [-0.15, -0.1) is 0 Å². The Morgan fingerprint density at radius 2 is 2.25 bits per heavy atom. The molecule has 1 aromatic heterocycles. The summed E-state index contributed by atoms with van der Waals surface area (Å²) in [4.78, 5) is 17.9. The minimum Gasteiger partial charge on any atom is -0.399 e.